The molecule has 2 aromatic rings. The summed E-state index contributed by atoms with van der Waals surface area (Å²) >= 11 is 24.1. The molecule has 1 aromatic heterocycles. The summed E-state index contributed by atoms with van der Waals surface area (Å²) in [5, 5.41) is 20.5. The molecule has 0 radical (unpaired) electrons. The molecule has 1 atom stereocenters. The largest absolute Gasteiger partial charge is 0.339 e. The van der Waals surface area contributed by atoms with Crippen molar-refractivity contribution in [3.63, 3.8) is 0 Å². The number of rotatable bonds is 5. The minimum atomic E-state index is -1.90. The number of nitro benzene ring substituents is 1. The molecule has 0 aliphatic carbocycles. The Labute approximate surface area is 172 Å². The van der Waals surface area contributed by atoms with E-state index in [1.54, 1.807) is 23.6 Å². The normalized spacial score (nSPS) is 12.1. The van der Waals surface area contributed by atoms with Crippen LogP contribution < -0.4 is 16.0 Å². The molecule has 0 fully saturated rings. The van der Waals surface area contributed by atoms with Crippen molar-refractivity contribution in [2.45, 2.75) is 9.96 Å². The molecular weight excluding hydrogens is 443 g/mol. The summed E-state index contributed by atoms with van der Waals surface area (Å²) in [6.07, 6.45) is -1.14. The van der Waals surface area contributed by atoms with E-state index in [4.69, 9.17) is 47.0 Å². The molecule has 1 aromatic carbocycles. The number of nitro groups is 1. The van der Waals surface area contributed by atoms with Gasteiger partial charge in [-0.1, -0.05) is 46.9 Å². The van der Waals surface area contributed by atoms with Gasteiger partial charge in [0.05, 0.1) is 9.80 Å². The van der Waals surface area contributed by atoms with Crippen molar-refractivity contribution in [3.05, 3.63) is 56.8 Å². The second-order valence-electron chi connectivity index (χ2n) is 4.83. The quantitative estimate of drug-likeness (QED) is 0.208. The van der Waals surface area contributed by atoms with Gasteiger partial charge < -0.3 is 16.0 Å². The number of hydrogen-bond donors (Lipinski definition) is 3. The molecule has 26 heavy (non-hydrogen) atoms. The fourth-order valence-electron chi connectivity index (χ4n) is 1.81. The van der Waals surface area contributed by atoms with Crippen LogP contribution in [0.5, 0.6) is 0 Å². The molecule has 1 heterocycles. The summed E-state index contributed by atoms with van der Waals surface area (Å²) in [7, 11) is 0. The molecule has 0 aliphatic heterocycles. The number of carbonyl (C=O) groups excluding carboxylic acids is 1. The molecule has 1 amide bonds. The third kappa shape index (κ3) is 5.96. The Morgan fingerprint density at radius 1 is 1.23 bits per heavy atom. The van der Waals surface area contributed by atoms with E-state index in [2.05, 4.69) is 16.0 Å². The maximum atomic E-state index is 12.2. The van der Waals surface area contributed by atoms with E-state index < -0.39 is 20.8 Å². The van der Waals surface area contributed by atoms with Crippen LogP contribution in [0.4, 0.5) is 11.4 Å². The first-order valence-electron chi connectivity index (χ1n) is 6.90. The SMILES string of the molecule is O=C(NC(NC(=S)Nc1cccc([N+](=O)[O-])c1)C(Cl)(Cl)Cl)c1cccs1. The third-order valence-corrected chi connectivity index (χ3v) is 4.68. The Bertz CT molecular complexity index is 812. The molecule has 0 spiro atoms. The first-order valence-corrected chi connectivity index (χ1v) is 9.32. The maximum Gasteiger partial charge on any atom is 0.271 e. The number of anilines is 1. The van der Waals surface area contributed by atoms with Crippen molar-refractivity contribution < 1.29 is 9.72 Å². The molecule has 138 valence electrons. The lowest BCUT2D eigenvalue weighted by Crippen LogP contribution is -2.56. The number of non-ortho nitro benzene ring substituents is 1. The molecule has 3 N–H and O–H groups in total. The highest BCUT2D eigenvalue weighted by atomic mass is 35.6. The number of halogens is 3. The molecule has 0 bridgehead atoms. The minimum Gasteiger partial charge on any atom is -0.339 e. The van der Waals surface area contributed by atoms with Crippen LogP contribution in [0.1, 0.15) is 9.67 Å². The number of hydrogen-bond acceptors (Lipinski definition) is 5. The zero-order valence-electron chi connectivity index (χ0n) is 12.7. The zero-order valence-corrected chi connectivity index (χ0v) is 16.6. The monoisotopic (exact) mass is 452 g/mol. The van der Waals surface area contributed by atoms with Gasteiger partial charge in [0, 0.05) is 17.8 Å². The van der Waals surface area contributed by atoms with Crippen LogP contribution in [0, 0.1) is 10.1 Å². The first-order chi connectivity index (χ1) is 12.2. The molecule has 2 rings (SSSR count). The van der Waals surface area contributed by atoms with Gasteiger partial charge in [-0.2, -0.15) is 0 Å². The van der Waals surface area contributed by atoms with Crippen molar-refractivity contribution in [3.8, 4) is 0 Å². The second kappa shape index (κ2) is 8.83. The van der Waals surface area contributed by atoms with Crippen LogP contribution >= 0.6 is 58.4 Å². The molecular formula is C14H11Cl3N4O3S2. The van der Waals surface area contributed by atoms with Crippen molar-refractivity contribution in [1.29, 1.82) is 0 Å². The maximum absolute atomic E-state index is 12.2. The molecule has 1 unspecified atom stereocenters. The molecule has 0 aliphatic rings. The number of alkyl halides is 3. The first kappa shape index (κ1) is 20.7. The Morgan fingerprint density at radius 2 is 1.96 bits per heavy atom. The van der Waals surface area contributed by atoms with E-state index in [1.807, 2.05) is 0 Å². The lowest BCUT2D eigenvalue weighted by molar-refractivity contribution is -0.384. The predicted molar refractivity (Wildman–Crippen MR) is 108 cm³/mol. The number of thiophene rings is 1. The van der Waals surface area contributed by atoms with Gasteiger partial charge in [0.1, 0.15) is 6.17 Å². The summed E-state index contributed by atoms with van der Waals surface area (Å²) < 4.78 is -1.90. The average molecular weight is 454 g/mol. The summed E-state index contributed by atoms with van der Waals surface area (Å²) in [6, 6.07) is 9.04. The number of nitrogens with zero attached hydrogens (tertiary/aromatic N) is 1. The van der Waals surface area contributed by atoms with Crippen LogP contribution in [-0.4, -0.2) is 25.9 Å². The van der Waals surface area contributed by atoms with Gasteiger partial charge in [-0.3, -0.25) is 14.9 Å². The van der Waals surface area contributed by atoms with E-state index in [9.17, 15) is 14.9 Å². The van der Waals surface area contributed by atoms with Crippen LogP contribution in [0.15, 0.2) is 41.8 Å². The number of amides is 1. The van der Waals surface area contributed by atoms with Crippen molar-refractivity contribution in [1.82, 2.24) is 10.6 Å². The van der Waals surface area contributed by atoms with Gasteiger partial charge in [-0.15, -0.1) is 11.3 Å². The van der Waals surface area contributed by atoms with Gasteiger partial charge in [-0.25, -0.2) is 0 Å². The standard InChI is InChI=1S/C14H11Cl3N4O3S2/c15-14(16,17)12(19-11(22)10-5-2-6-26-10)20-13(25)18-8-3-1-4-9(7-8)21(23)24/h1-7,12H,(H,19,22)(H2,18,20,25). The van der Waals surface area contributed by atoms with Crippen molar-refractivity contribution in [2.75, 3.05) is 5.32 Å². The van der Waals surface area contributed by atoms with Crippen LogP contribution in [0.3, 0.4) is 0 Å². The van der Waals surface area contributed by atoms with E-state index >= 15 is 0 Å². The van der Waals surface area contributed by atoms with Crippen molar-refractivity contribution >= 4 is 80.8 Å². The average Bonchev–Trinajstić information content (AvgIpc) is 3.08. The third-order valence-electron chi connectivity index (χ3n) is 2.94. The lowest BCUT2D eigenvalue weighted by Gasteiger charge is -2.27. The molecule has 0 saturated carbocycles. The predicted octanol–water partition coefficient (Wildman–Crippen LogP) is 4.07. The number of benzene rings is 1. The molecule has 0 saturated heterocycles. The zero-order chi connectivity index (χ0) is 19.3. The summed E-state index contributed by atoms with van der Waals surface area (Å²) in [4.78, 5) is 22.9. The fourth-order valence-corrected chi connectivity index (χ4v) is 3.00. The van der Waals surface area contributed by atoms with Gasteiger partial charge in [0.15, 0.2) is 5.11 Å². The summed E-state index contributed by atoms with van der Waals surface area (Å²) in [5.41, 5.74) is 0.256. The molecule has 7 nitrogen and oxygen atoms in total. The van der Waals surface area contributed by atoms with Crippen LogP contribution in [-0.2, 0) is 0 Å². The minimum absolute atomic E-state index is 0.00769. The van der Waals surface area contributed by atoms with Crippen LogP contribution in [0.2, 0.25) is 0 Å². The van der Waals surface area contributed by atoms with E-state index in [1.165, 1.54) is 29.5 Å². The Hall–Kier alpha value is -1.65. The second-order valence-corrected chi connectivity index (χ2v) is 8.56. The number of nitrogens with one attached hydrogen (secondary N) is 3. The summed E-state index contributed by atoms with van der Waals surface area (Å²) in [6.45, 7) is 0. The van der Waals surface area contributed by atoms with E-state index in [-0.39, 0.29) is 10.8 Å². The van der Waals surface area contributed by atoms with Gasteiger partial charge in [0.25, 0.3) is 11.6 Å². The highest BCUT2D eigenvalue weighted by molar-refractivity contribution is 7.80. The van der Waals surface area contributed by atoms with Gasteiger partial charge in [-0.05, 0) is 29.7 Å². The smallest absolute Gasteiger partial charge is 0.271 e. The van der Waals surface area contributed by atoms with E-state index in [0.717, 1.165) is 0 Å². The number of carbonyl (C=O) groups is 1. The Morgan fingerprint density at radius 3 is 2.54 bits per heavy atom. The lowest BCUT2D eigenvalue weighted by atomic mass is 10.3. The fraction of sp³-hybridized carbons (Fsp3) is 0.143. The Balaban J connectivity index is 2.06. The van der Waals surface area contributed by atoms with Crippen molar-refractivity contribution in [2.24, 2.45) is 0 Å². The van der Waals surface area contributed by atoms with E-state index in [0.29, 0.717) is 10.6 Å². The highest BCUT2D eigenvalue weighted by Crippen LogP contribution is 2.29. The highest BCUT2D eigenvalue weighted by Gasteiger charge is 2.35. The number of thiocarbonyl (C=S) groups is 1. The Kier molecular flexibility index (Phi) is 7.01. The van der Waals surface area contributed by atoms with Crippen LogP contribution in [0.25, 0.3) is 0 Å². The summed E-state index contributed by atoms with van der Waals surface area (Å²) in [5.74, 6) is -0.443. The molecule has 12 heteroatoms. The topological polar surface area (TPSA) is 96.3 Å². The van der Waals surface area contributed by atoms with Gasteiger partial charge in [0.2, 0.25) is 3.79 Å². The van der Waals surface area contributed by atoms with Gasteiger partial charge >= 0.3 is 0 Å².